The van der Waals surface area contributed by atoms with Crippen LogP contribution in [0.2, 0.25) is 0 Å². The predicted molar refractivity (Wildman–Crippen MR) is 89.8 cm³/mol. The molecule has 3 aromatic rings. The van der Waals surface area contributed by atoms with Crippen molar-refractivity contribution < 1.29 is 9.18 Å². The molecule has 0 bridgehead atoms. The first-order chi connectivity index (χ1) is 12.2. The quantitative estimate of drug-likeness (QED) is 0.782. The van der Waals surface area contributed by atoms with E-state index in [0.717, 1.165) is 5.56 Å². The number of nitriles is 1. The lowest BCUT2D eigenvalue weighted by atomic mass is 9.89. The van der Waals surface area contributed by atoms with Crippen LogP contribution in [0.15, 0.2) is 54.9 Å². The molecule has 1 atom stereocenters. The zero-order chi connectivity index (χ0) is 17.4. The molecule has 0 fully saturated rings. The third-order valence-electron chi connectivity index (χ3n) is 4.33. The van der Waals surface area contributed by atoms with E-state index in [4.69, 9.17) is 5.26 Å². The van der Waals surface area contributed by atoms with Crippen molar-refractivity contribution in [3.63, 3.8) is 0 Å². The number of nitrogens with one attached hydrogen (secondary N) is 1. The van der Waals surface area contributed by atoms with E-state index in [1.165, 1.54) is 12.4 Å². The highest BCUT2D eigenvalue weighted by molar-refractivity contribution is 5.94. The van der Waals surface area contributed by atoms with Crippen molar-refractivity contribution in [2.45, 2.75) is 12.3 Å². The average molecular weight is 332 g/mol. The molecule has 0 spiro atoms. The van der Waals surface area contributed by atoms with Crippen LogP contribution in [-0.4, -0.2) is 15.5 Å². The molecule has 5 nitrogen and oxygen atoms in total. The lowest BCUT2D eigenvalue weighted by Crippen LogP contribution is -2.25. The topological polar surface area (TPSA) is 70.7 Å². The second-order valence-corrected chi connectivity index (χ2v) is 5.84. The van der Waals surface area contributed by atoms with Gasteiger partial charge in [-0.1, -0.05) is 24.3 Å². The minimum Gasteiger partial charge on any atom is -0.310 e. The number of nitrogens with zero attached hydrogens (tertiary/aromatic N) is 3. The molecule has 0 saturated heterocycles. The molecule has 122 valence electrons. The number of rotatable bonds is 2. The first-order valence-corrected chi connectivity index (χ1v) is 7.79. The number of amides is 1. The molecule has 0 radical (unpaired) electrons. The Balaban J connectivity index is 1.81. The third-order valence-corrected chi connectivity index (χ3v) is 4.33. The van der Waals surface area contributed by atoms with E-state index < -0.39 is 5.82 Å². The second-order valence-electron chi connectivity index (χ2n) is 5.84. The highest BCUT2D eigenvalue weighted by Gasteiger charge is 2.31. The van der Waals surface area contributed by atoms with Crippen LogP contribution in [0, 0.1) is 17.1 Å². The molecule has 6 heteroatoms. The second kappa shape index (κ2) is 5.87. The largest absolute Gasteiger partial charge is 0.310 e. The van der Waals surface area contributed by atoms with Gasteiger partial charge < -0.3 is 5.32 Å². The van der Waals surface area contributed by atoms with E-state index in [9.17, 15) is 9.18 Å². The van der Waals surface area contributed by atoms with Gasteiger partial charge in [-0.2, -0.15) is 5.26 Å². The van der Waals surface area contributed by atoms with Crippen LogP contribution in [0.25, 0.3) is 5.69 Å². The van der Waals surface area contributed by atoms with Crippen molar-refractivity contribution >= 4 is 11.7 Å². The van der Waals surface area contributed by atoms with E-state index in [1.54, 1.807) is 34.9 Å². The zero-order valence-electron chi connectivity index (χ0n) is 13.1. The van der Waals surface area contributed by atoms with Crippen LogP contribution in [0.5, 0.6) is 0 Å². The van der Waals surface area contributed by atoms with Crippen LogP contribution in [0.3, 0.4) is 0 Å². The Bertz CT molecular complexity index is 1000. The van der Waals surface area contributed by atoms with Crippen LogP contribution in [0.1, 0.15) is 29.2 Å². The summed E-state index contributed by atoms with van der Waals surface area (Å²) in [5.41, 5.74) is 2.47. The fourth-order valence-corrected chi connectivity index (χ4v) is 3.10. The zero-order valence-corrected chi connectivity index (χ0v) is 13.1. The van der Waals surface area contributed by atoms with Crippen LogP contribution < -0.4 is 5.32 Å². The number of para-hydroxylation sites is 1. The van der Waals surface area contributed by atoms with Gasteiger partial charge in [0.1, 0.15) is 18.0 Å². The number of hydrogen-bond acceptors (Lipinski definition) is 3. The molecule has 2 aromatic carbocycles. The molecular formula is C19H13FN4O. The molecule has 2 heterocycles. The number of hydrogen-bond donors (Lipinski definition) is 1. The summed E-state index contributed by atoms with van der Waals surface area (Å²) >= 11 is 0. The molecule has 0 unspecified atom stereocenters. The third kappa shape index (κ3) is 2.56. The molecule has 0 saturated carbocycles. The lowest BCUT2D eigenvalue weighted by molar-refractivity contribution is -0.116. The maximum atomic E-state index is 14.1. The van der Waals surface area contributed by atoms with Crippen molar-refractivity contribution in [1.82, 2.24) is 9.55 Å². The monoisotopic (exact) mass is 332 g/mol. The summed E-state index contributed by atoms with van der Waals surface area (Å²) in [5, 5.41) is 11.7. The Morgan fingerprint density at radius 1 is 1.20 bits per heavy atom. The first-order valence-electron chi connectivity index (χ1n) is 7.79. The van der Waals surface area contributed by atoms with Gasteiger partial charge in [0.05, 0.1) is 23.0 Å². The van der Waals surface area contributed by atoms with Gasteiger partial charge in [-0.25, -0.2) is 9.37 Å². The first kappa shape index (κ1) is 15.1. The van der Waals surface area contributed by atoms with Crippen molar-refractivity contribution in [2.75, 3.05) is 5.32 Å². The van der Waals surface area contributed by atoms with Crippen LogP contribution in [0.4, 0.5) is 10.2 Å². The maximum absolute atomic E-state index is 14.1. The van der Waals surface area contributed by atoms with Crippen molar-refractivity contribution in [1.29, 1.82) is 5.26 Å². The number of imidazole rings is 1. The molecule has 0 aliphatic carbocycles. The summed E-state index contributed by atoms with van der Waals surface area (Å²) in [6, 6.07) is 15.5. The minimum absolute atomic E-state index is 0.153. The van der Waals surface area contributed by atoms with Gasteiger partial charge >= 0.3 is 0 Å². The summed E-state index contributed by atoms with van der Waals surface area (Å²) in [5.74, 6) is -0.294. The van der Waals surface area contributed by atoms with E-state index in [0.29, 0.717) is 22.8 Å². The summed E-state index contributed by atoms with van der Waals surface area (Å²) in [6.45, 7) is 0. The van der Waals surface area contributed by atoms with Gasteiger partial charge in [0.2, 0.25) is 5.91 Å². The van der Waals surface area contributed by atoms with Crippen molar-refractivity contribution in [3.05, 3.63) is 77.5 Å². The van der Waals surface area contributed by atoms with Crippen molar-refractivity contribution in [2.24, 2.45) is 0 Å². The molecule has 1 aliphatic heterocycles. The number of anilines is 1. The highest BCUT2D eigenvalue weighted by Crippen LogP contribution is 2.37. The van der Waals surface area contributed by atoms with Gasteiger partial charge in [0.15, 0.2) is 0 Å². The molecule has 1 N–H and O–H groups in total. The maximum Gasteiger partial charge on any atom is 0.226 e. The van der Waals surface area contributed by atoms with Crippen LogP contribution >= 0.6 is 0 Å². The Morgan fingerprint density at radius 3 is 2.68 bits per heavy atom. The predicted octanol–water partition coefficient (Wildman–Crippen LogP) is 3.36. The number of fused-ring (bicyclic) bond motifs is 1. The molecule has 25 heavy (non-hydrogen) atoms. The van der Waals surface area contributed by atoms with Crippen LogP contribution in [-0.2, 0) is 4.79 Å². The summed E-state index contributed by atoms with van der Waals surface area (Å²) < 4.78 is 15.7. The SMILES string of the molecule is N#Cc1ccc([C@@H]2CC(=O)Nc3c2ncn3-c2ccccc2F)cc1. The summed E-state index contributed by atoms with van der Waals surface area (Å²) in [4.78, 5) is 16.6. The molecule has 1 aliphatic rings. The fourth-order valence-electron chi connectivity index (χ4n) is 3.10. The minimum atomic E-state index is -0.391. The molecule has 1 aromatic heterocycles. The number of carbonyl (C=O) groups is 1. The standard InChI is InChI=1S/C19H13FN4O/c20-15-3-1-2-4-16(15)24-11-22-18-14(9-17(25)23-19(18)24)13-7-5-12(10-21)6-8-13/h1-8,11,14H,9H2,(H,23,25)/t14-/m0/s1. The Labute approximate surface area is 143 Å². The number of aromatic nitrogens is 2. The van der Waals surface area contributed by atoms with E-state index in [-0.39, 0.29) is 18.2 Å². The smallest absolute Gasteiger partial charge is 0.226 e. The van der Waals surface area contributed by atoms with Gasteiger partial charge in [-0.3, -0.25) is 9.36 Å². The molecular weight excluding hydrogens is 319 g/mol. The Hall–Kier alpha value is -3.46. The lowest BCUT2D eigenvalue weighted by Gasteiger charge is -2.23. The fraction of sp³-hybridized carbons (Fsp3) is 0.105. The van der Waals surface area contributed by atoms with Gasteiger partial charge in [-0.15, -0.1) is 0 Å². The van der Waals surface area contributed by atoms with E-state index in [2.05, 4.69) is 16.4 Å². The molecule has 4 rings (SSSR count). The average Bonchev–Trinajstić information content (AvgIpc) is 3.05. The van der Waals surface area contributed by atoms with Gasteiger partial charge in [0, 0.05) is 12.3 Å². The van der Waals surface area contributed by atoms with Gasteiger partial charge in [-0.05, 0) is 29.8 Å². The Kier molecular flexibility index (Phi) is 3.55. The van der Waals surface area contributed by atoms with Gasteiger partial charge in [0.25, 0.3) is 0 Å². The normalized spacial score (nSPS) is 16.0. The highest BCUT2D eigenvalue weighted by atomic mass is 19.1. The van der Waals surface area contributed by atoms with E-state index in [1.807, 2.05) is 12.1 Å². The summed E-state index contributed by atoms with van der Waals surface area (Å²) in [7, 11) is 0. The molecule has 1 amide bonds. The summed E-state index contributed by atoms with van der Waals surface area (Å²) in [6.07, 6.45) is 1.78. The number of halogens is 1. The van der Waals surface area contributed by atoms with E-state index >= 15 is 0 Å². The number of carbonyl (C=O) groups excluding carboxylic acids is 1. The Morgan fingerprint density at radius 2 is 1.96 bits per heavy atom. The van der Waals surface area contributed by atoms with Crippen molar-refractivity contribution in [3.8, 4) is 11.8 Å². The number of benzene rings is 2.